The molecular weight excluding hydrogens is 173 g/mol. The Kier molecular flexibility index (Phi) is 8.06. The Morgan fingerprint density at radius 1 is 1.40 bits per heavy atom. The van der Waals surface area contributed by atoms with Crippen molar-refractivity contribution in [1.82, 2.24) is 4.72 Å². The third-order valence-electron chi connectivity index (χ3n) is 1.64. The van der Waals surface area contributed by atoms with E-state index in [9.17, 15) is 0 Å². The molecule has 1 saturated carbocycles. The Bertz CT molecular complexity index is 93.7. The fourth-order valence-electron chi connectivity index (χ4n) is 1.17. The van der Waals surface area contributed by atoms with Crippen LogP contribution in [0.1, 0.15) is 25.7 Å². The first-order chi connectivity index (χ1) is 4.43. The number of nitrogens with one attached hydrogen (secondary N) is 1. The molecule has 1 fully saturated rings. The molecule has 0 heterocycles. The van der Waals surface area contributed by atoms with Crippen LogP contribution in [-0.4, -0.2) is 40.3 Å². The van der Waals surface area contributed by atoms with Crippen molar-refractivity contribution in [3.63, 3.8) is 0 Å². The number of thiocarbonyl (C=S) groups is 1. The second-order valence-corrected chi connectivity index (χ2v) is 3.55. The maximum atomic E-state index is 4.66. The largest absolute Gasteiger partial charge is 0.257 e. The molecule has 0 saturated heterocycles. The Hall–Kier alpha value is 1.40. The summed E-state index contributed by atoms with van der Waals surface area (Å²) in [6.07, 6.45) is 5.43. The summed E-state index contributed by atoms with van der Waals surface area (Å²) in [7, 11) is 0. The van der Waals surface area contributed by atoms with Crippen molar-refractivity contribution in [1.29, 1.82) is 0 Å². The monoisotopic (exact) mass is 184 g/mol. The molecule has 1 rings (SSSR count). The minimum atomic E-state index is 0. The molecule has 1 nitrogen and oxygen atoms in total. The predicted molar refractivity (Wildman–Crippen MR) is 52.4 cm³/mol. The topological polar surface area (TPSA) is 12.0 Å². The molecule has 4 heteroatoms. The van der Waals surface area contributed by atoms with Crippen LogP contribution >= 0.6 is 24.2 Å². The fourth-order valence-corrected chi connectivity index (χ4v) is 1.82. The molecule has 1 radical (unpaired) electrons. The van der Waals surface area contributed by atoms with Gasteiger partial charge in [0, 0.05) is 40.3 Å². The van der Waals surface area contributed by atoms with E-state index in [0.29, 0.717) is 0 Å². The molecule has 1 N–H and O–H groups in total. The molecule has 10 heavy (non-hydrogen) atoms. The maximum Gasteiger partial charge on any atom is 0.0497 e. The summed E-state index contributed by atoms with van der Waals surface area (Å²) >= 11 is 6.21. The van der Waals surface area contributed by atoms with Crippen molar-refractivity contribution in [2.45, 2.75) is 31.7 Å². The van der Waals surface area contributed by atoms with E-state index >= 15 is 0 Å². The quantitative estimate of drug-likeness (QED) is 0.408. The Morgan fingerprint density at radius 3 is 2.50 bits per heavy atom. The zero-order valence-electron chi connectivity index (χ0n) is 6.30. The molecule has 0 amide bonds. The van der Waals surface area contributed by atoms with Gasteiger partial charge in [-0.15, -0.1) is 0 Å². The van der Waals surface area contributed by atoms with E-state index in [1.165, 1.54) is 25.7 Å². The van der Waals surface area contributed by atoms with E-state index in [-0.39, 0.29) is 29.6 Å². The standard InChI is InChI=1S/C6H11NS2.Na/c8-5-9-7-6-3-1-2-4-6;/h5-7H,1-4H2;. The summed E-state index contributed by atoms with van der Waals surface area (Å²) in [5, 5.41) is 0. The summed E-state index contributed by atoms with van der Waals surface area (Å²) in [6.45, 7) is 0. The Balaban J connectivity index is 0.000000810. The summed E-state index contributed by atoms with van der Waals surface area (Å²) in [5.74, 6) is 0. The van der Waals surface area contributed by atoms with Gasteiger partial charge in [0.2, 0.25) is 0 Å². The van der Waals surface area contributed by atoms with Crippen molar-refractivity contribution in [3.8, 4) is 0 Å². The van der Waals surface area contributed by atoms with Crippen molar-refractivity contribution in [2.75, 3.05) is 0 Å². The van der Waals surface area contributed by atoms with Crippen molar-refractivity contribution in [3.05, 3.63) is 0 Å². The number of rotatable bonds is 3. The van der Waals surface area contributed by atoms with Gasteiger partial charge in [-0.05, 0) is 24.8 Å². The minimum absolute atomic E-state index is 0. The molecule has 1 aliphatic carbocycles. The number of hydrogen-bond donors (Lipinski definition) is 1. The third-order valence-corrected chi connectivity index (χ3v) is 2.49. The molecule has 0 aromatic rings. The number of hydrogen-bond acceptors (Lipinski definition) is 3. The van der Waals surface area contributed by atoms with Gasteiger partial charge in [0.1, 0.15) is 0 Å². The molecule has 53 valence electrons. The Morgan fingerprint density at radius 2 is 2.00 bits per heavy atom. The maximum absolute atomic E-state index is 4.66. The van der Waals surface area contributed by atoms with Gasteiger partial charge in [-0.25, -0.2) is 0 Å². The zero-order chi connectivity index (χ0) is 6.53. The van der Waals surface area contributed by atoms with Crippen molar-refractivity contribution < 1.29 is 0 Å². The molecule has 0 spiro atoms. The molecule has 0 unspecified atom stereocenters. The van der Waals surface area contributed by atoms with Gasteiger partial charge in [-0.2, -0.15) is 0 Å². The van der Waals surface area contributed by atoms with E-state index in [1.54, 1.807) is 16.6 Å². The second-order valence-electron chi connectivity index (χ2n) is 2.31. The van der Waals surface area contributed by atoms with Gasteiger partial charge in [-0.3, -0.25) is 4.72 Å². The van der Waals surface area contributed by atoms with Crippen LogP contribution in [0.15, 0.2) is 0 Å². The van der Waals surface area contributed by atoms with Crippen molar-refractivity contribution >= 4 is 58.4 Å². The minimum Gasteiger partial charge on any atom is -0.257 e. The molecule has 0 bridgehead atoms. The second kappa shape index (κ2) is 7.07. The first kappa shape index (κ1) is 11.4. The molecule has 0 aromatic carbocycles. The van der Waals surface area contributed by atoms with Gasteiger partial charge < -0.3 is 0 Å². The SMILES string of the molecule is S=CSNC1CCCC1.[Na]. The van der Waals surface area contributed by atoms with Crippen LogP contribution in [0.3, 0.4) is 0 Å². The van der Waals surface area contributed by atoms with Crippen LogP contribution in [0, 0.1) is 0 Å². The third kappa shape index (κ3) is 4.31. The summed E-state index contributed by atoms with van der Waals surface area (Å²) in [5.41, 5.74) is 0. The van der Waals surface area contributed by atoms with E-state index in [1.807, 2.05) is 0 Å². The van der Waals surface area contributed by atoms with Gasteiger partial charge in [0.25, 0.3) is 0 Å². The molecule has 0 aromatic heterocycles. The van der Waals surface area contributed by atoms with E-state index < -0.39 is 0 Å². The van der Waals surface area contributed by atoms with Crippen LogP contribution in [-0.2, 0) is 0 Å². The molecular formula is C6H11NNaS2. The van der Waals surface area contributed by atoms with Crippen LogP contribution in [0.2, 0.25) is 0 Å². The van der Waals surface area contributed by atoms with Crippen molar-refractivity contribution in [2.24, 2.45) is 0 Å². The smallest absolute Gasteiger partial charge is 0.0497 e. The van der Waals surface area contributed by atoms with E-state index in [2.05, 4.69) is 16.9 Å². The first-order valence-electron chi connectivity index (χ1n) is 3.28. The van der Waals surface area contributed by atoms with Crippen LogP contribution < -0.4 is 4.72 Å². The van der Waals surface area contributed by atoms with Gasteiger partial charge in [0.15, 0.2) is 0 Å². The zero-order valence-corrected chi connectivity index (χ0v) is 9.93. The first-order valence-corrected chi connectivity index (χ1v) is 4.63. The normalized spacial score (nSPS) is 18.4. The molecule has 0 atom stereocenters. The average molecular weight is 184 g/mol. The van der Waals surface area contributed by atoms with Gasteiger partial charge in [0.05, 0.1) is 0 Å². The summed E-state index contributed by atoms with van der Waals surface area (Å²) in [4.78, 5) is 0. The van der Waals surface area contributed by atoms with E-state index in [0.717, 1.165) is 6.04 Å². The fraction of sp³-hybridized carbons (Fsp3) is 0.833. The summed E-state index contributed by atoms with van der Waals surface area (Å²) < 4.78 is 4.97. The molecule has 0 aliphatic heterocycles. The van der Waals surface area contributed by atoms with Crippen LogP contribution in [0.25, 0.3) is 0 Å². The molecule has 1 aliphatic rings. The van der Waals surface area contributed by atoms with Crippen LogP contribution in [0.4, 0.5) is 0 Å². The average Bonchev–Trinajstić information content (AvgIpc) is 2.34. The van der Waals surface area contributed by atoms with E-state index in [4.69, 9.17) is 0 Å². The van der Waals surface area contributed by atoms with Gasteiger partial charge >= 0.3 is 0 Å². The van der Waals surface area contributed by atoms with Gasteiger partial charge in [-0.1, -0.05) is 25.1 Å². The Labute approximate surface area is 94.1 Å². The predicted octanol–water partition coefficient (Wildman–Crippen LogP) is 1.74. The summed E-state index contributed by atoms with van der Waals surface area (Å²) in [6, 6.07) is 0.731. The van der Waals surface area contributed by atoms with Crippen LogP contribution in [0.5, 0.6) is 0 Å².